The van der Waals surface area contributed by atoms with Gasteiger partial charge in [-0.1, -0.05) is 30.3 Å². The highest BCUT2D eigenvalue weighted by Crippen LogP contribution is 2.14. The van der Waals surface area contributed by atoms with Crippen molar-refractivity contribution in [1.29, 1.82) is 0 Å². The molecule has 0 bridgehead atoms. The van der Waals surface area contributed by atoms with Gasteiger partial charge < -0.3 is 16.0 Å². The molecule has 0 spiro atoms. The molecule has 0 atom stereocenters. The number of amides is 3. The predicted octanol–water partition coefficient (Wildman–Crippen LogP) is 3.32. The second kappa shape index (κ2) is 7.98. The van der Waals surface area contributed by atoms with Crippen LogP contribution in [0.2, 0.25) is 0 Å². The lowest BCUT2D eigenvalue weighted by Crippen LogP contribution is -2.30. The van der Waals surface area contributed by atoms with Crippen LogP contribution in [-0.2, 0) is 11.2 Å². The second-order valence-corrected chi connectivity index (χ2v) is 5.32. The Morgan fingerprint density at radius 3 is 2.35 bits per heavy atom. The monoisotopic (exact) mass is 311 g/mol. The number of carbonyl (C=O) groups is 2. The smallest absolute Gasteiger partial charge is 0.319 e. The molecule has 3 amide bonds. The van der Waals surface area contributed by atoms with Crippen LogP contribution in [0.15, 0.2) is 48.5 Å². The van der Waals surface area contributed by atoms with Gasteiger partial charge in [0.25, 0.3) is 0 Å². The molecule has 0 unspecified atom stereocenters. The first-order valence-corrected chi connectivity index (χ1v) is 7.51. The minimum Gasteiger partial charge on any atom is -0.338 e. The van der Waals surface area contributed by atoms with Crippen LogP contribution in [0.4, 0.5) is 16.2 Å². The number of rotatable bonds is 5. The molecule has 0 aliphatic rings. The molecular weight excluding hydrogens is 290 g/mol. The van der Waals surface area contributed by atoms with Crippen LogP contribution in [-0.4, -0.2) is 18.5 Å². The van der Waals surface area contributed by atoms with E-state index in [0.29, 0.717) is 17.9 Å². The van der Waals surface area contributed by atoms with E-state index in [2.05, 4.69) is 35.0 Å². The fourth-order valence-electron chi connectivity index (χ4n) is 2.25. The molecule has 0 fully saturated rings. The van der Waals surface area contributed by atoms with Gasteiger partial charge in [0.05, 0.1) is 0 Å². The molecule has 0 saturated heterocycles. The first-order chi connectivity index (χ1) is 11.0. The van der Waals surface area contributed by atoms with Crippen LogP contribution >= 0.6 is 0 Å². The topological polar surface area (TPSA) is 70.2 Å². The number of urea groups is 1. The van der Waals surface area contributed by atoms with E-state index in [9.17, 15) is 9.59 Å². The number of aryl methyl sites for hydroxylation is 1. The normalized spacial score (nSPS) is 10.0. The van der Waals surface area contributed by atoms with Crippen LogP contribution in [0.3, 0.4) is 0 Å². The second-order valence-electron chi connectivity index (χ2n) is 5.32. The van der Waals surface area contributed by atoms with Crippen LogP contribution in [0.5, 0.6) is 0 Å². The van der Waals surface area contributed by atoms with Gasteiger partial charge in [0.2, 0.25) is 5.91 Å². The Hall–Kier alpha value is -2.82. The lowest BCUT2D eigenvalue weighted by molar-refractivity contribution is -0.114. The number of hydrogen-bond acceptors (Lipinski definition) is 2. The number of anilines is 2. The maximum absolute atomic E-state index is 11.9. The van der Waals surface area contributed by atoms with Crippen LogP contribution in [0.1, 0.15) is 18.1 Å². The first kappa shape index (κ1) is 16.5. The molecule has 5 heteroatoms. The third kappa shape index (κ3) is 5.47. The summed E-state index contributed by atoms with van der Waals surface area (Å²) in [7, 11) is 0. The predicted molar refractivity (Wildman–Crippen MR) is 92.7 cm³/mol. The summed E-state index contributed by atoms with van der Waals surface area (Å²) < 4.78 is 0. The summed E-state index contributed by atoms with van der Waals surface area (Å²) in [4.78, 5) is 23.0. The molecule has 0 aromatic heterocycles. The standard InChI is InChI=1S/C18H21N3O2/c1-13-6-3-4-7-15(13)10-11-19-18(23)21-17-9-5-8-16(12-17)20-14(2)22/h3-9,12H,10-11H2,1-2H3,(H,20,22)(H2,19,21,23). The molecule has 0 aliphatic heterocycles. The Morgan fingerprint density at radius 2 is 1.65 bits per heavy atom. The third-order valence-corrected chi connectivity index (χ3v) is 3.38. The van der Waals surface area contributed by atoms with Crippen molar-refractivity contribution < 1.29 is 9.59 Å². The molecule has 0 radical (unpaired) electrons. The van der Waals surface area contributed by atoms with Crippen molar-refractivity contribution in [3.8, 4) is 0 Å². The van der Waals surface area contributed by atoms with Crippen molar-refractivity contribution in [3.63, 3.8) is 0 Å². The van der Waals surface area contributed by atoms with E-state index < -0.39 is 0 Å². The maximum atomic E-state index is 11.9. The number of hydrogen-bond donors (Lipinski definition) is 3. The molecule has 2 aromatic rings. The molecule has 120 valence electrons. The van der Waals surface area contributed by atoms with E-state index in [4.69, 9.17) is 0 Å². The van der Waals surface area contributed by atoms with Gasteiger partial charge in [-0.3, -0.25) is 4.79 Å². The van der Waals surface area contributed by atoms with Gasteiger partial charge in [-0.05, 0) is 42.7 Å². The van der Waals surface area contributed by atoms with Gasteiger partial charge >= 0.3 is 6.03 Å². The summed E-state index contributed by atoms with van der Waals surface area (Å²) in [6.45, 7) is 4.06. The van der Waals surface area contributed by atoms with Crippen molar-refractivity contribution in [1.82, 2.24) is 5.32 Å². The third-order valence-electron chi connectivity index (χ3n) is 3.38. The lowest BCUT2D eigenvalue weighted by Gasteiger charge is -2.10. The highest BCUT2D eigenvalue weighted by Gasteiger charge is 2.03. The molecule has 0 aliphatic carbocycles. The van der Waals surface area contributed by atoms with Crippen LogP contribution in [0.25, 0.3) is 0 Å². The minimum atomic E-state index is -0.265. The summed E-state index contributed by atoms with van der Waals surface area (Å²) >= 11 is 0. The summed E-state index contributed by atoms with van der Waals surface area (Å²) in [5.74, 6) is -0.148. The van der Waals surface area contributed by atoms with Gasteiger partial charge in [-0.25, -0.2) is 4.79 Å². The molecule has 0 heterocycles. The van der Waals surface area contributed by atoms with Crippen molar-refractivity contribution in [2.24, 2.45) is 0 Å². The number of benzene rings is 2. The Kier molecular flexibility index (Phi) is 5.74. The average Bonchev–Trinajstić information content (AvgIpc) is 2.49. The summed E-state index contributed by atoms with van der Waals surface area (Å²) in [6, 6.07) is 14.9. The Morgan fingerprint density at radius 1 is 0.957 bits per heavy atom. The maximum Gasteiger partial charge on any atom is 0.319 e. The molecule has 3 N–H and O–H groups in total. The van der Waals surface area contributed by atoms with E-state index >= 15 is 0 Å². The molecule has 0 saturated carbocycles. The number of carbonyl (C=O) groups excluding carboxylic acids is 2. The minimum absolute atomic E-state index is 0.148. The largest absolute Gasteiger partial charge is 0.338 e. The lowest BCUT2D eigenvalue weighted by atomic mass is 10.1. The zero-order chi connectivity index (χ0) is 16.7. The highest BCUT2D eigenvalue weighted by molar-refractivity contribution is 5.92. The molecule has 2 aromatic carbocycles. The molecule has 5 nitrogen and oxygen atoms in total. The van der Waals surface area contributed by atoms with Crippen molar-refractivity contribution >= 4 is 23.3 Å². The zero-order valence-electron chi connectivity index (χ0n) is 13.3. The van der Waals surface area contributed by atoms with Crippen molar-refractivity contribution in [3.05, 3.63) is 59.7 Å². The molecular formula is C18H21N3O2. The molecule has 2 rings (SSSR count). The average molecular weight is 311 g/mol. The Bertz CT molecular complexity index is 698. The SMILES string of the molecule is CC(=O)Nc1cccc(NC(=O)NCCc2ccccc2C)c1. The van der Waals surface area contributed by atoms with Gasteiger partial charge in [0, 0.05) is 24.8 Å². The Balaban J connectivity index is 1.83. The zero-order valence-corrected chi connectivity index (χ0v) is 13.3. The van der Waals surface area contributed by atoms with Crippen molar-refractivity contribution in [2.75, 3.05) is 17.2 Å². The van der Waals surface area contributed by atoms with Crippen LogP contribution < -0.4 is 16.0 Å². The summed E-state index contributed by atoms with van der Waals surface area (Å²) in [6.07, 6.45) is 0.784. The van der Waals surface area contributed by atoms with Gasteiger partial charge in [-0.2, -0.15) is 0 Å². The summed E-state index contributed by atoms with van der Waals surface area (Å²) in [5, 5.41) is 8.26. The Labute approximate surface area is 136 Å². The van der Waals surface area contributed by atoms with Gasteiger partial charge in [-0.15, -0.1) is 0 Å². The van der Waals surface area contributed by atoms with Gasteiger partial charge in [0.1, 0.15) is 0 Å². The quantitative estimate of drug-likeness (QED) is 0.793. The van der Waals surface area contributed by atoms with Crippen molar-refractivity contribution in [2.45, 2.75) is 20.3 Å². The van der Waals surface area contributed by atoms with Gasteiger partial charge in [0.15, 0.2) is 0 Å². The summed E-state index contributed by atoms with van der Waals surface area (Å²) in [5.41, 5.74) is 3.72. The fraction of sp³-hybridized carbons (Fsp3) is 0.222. The first-order valence-electron chi connectivity index (χ1n) is 7.51. The molecule has 23 heavy (non-hydrogen) atoms. The fourth-order valence-corrected chi connectivity index (χ4v) is 2.25. The van der Waals surface area contributed by atoms with E-state index in [0.717, 1.165) is 6.42 Å². The van der Waals surface area contributed by atoms with E-state index in [1.807, 2.05) is 12.1 Å². The van der Waals surface area contributed by atoms with Crippen LogP contribution in [0, 0.1) is 6.92 Å². The highest BCUT2D eigenvalue weighted by atomic mass is 16.2. The van der Waals surface area contributed by atoms with E-state index in [1.165, 1.54) is 18.1 Å². The number of nitrogens with one attached hydrogen (secondary N) is 3. The van der Waals surface area contributed by atoms with E-state index in [1.54, 1.807) is 24.3 Å². The van der Waals surface area contributed by atoms with E-state index in [-0.39, 0.29) is 11.9 Å².